The summed E-state index contributed by atoms with van der Waals surface area (Å²) in [6, 6.07) is 9.70. The van der Waals surface area contributed by atoms with Gasteiger partial charge in [0, 0.05) is 13.0 Å². The van der Waals surface area contributed by atoms with E-state index in [9.17, 15) is 9.18 Å². The van der Waals surface area contributed by atoms with E-state index in [2.05, 4.69) is 0 Å². The molecule has 2 rings (SSSR count). The Labute approximate surface area is 95.1 Å². The predicted octanol–water partition coefficient (Wildman–Crippen LogP) is 2.54. The van der Waals surface area contributed by atoms with Crippen LogP contribution in [0, 0.1) is 0 Å². The van der Waals surface area contributed by atoms with Crippen LogP contribution in [-0.2, 0) is 11.3 Å². The van der Waals surface area contributed by atoms with Crippen molar-refractivity contribution in [2.75, 3.05) is 6.54 Å². The molecule has 3 heteroatoms. The van der Waals surface area contributed by atoms with Gasteiger partial charge in [-0.3, -0.25) is 4.79 Å². The summed E-state index contributed by atoms with van der Waals surface area (Å²) in [5.41, 5.74) is -0.184. The van der Waals surface area contributed by atoms with E-state index in [4.69, 9.17) is 0 Å². The number of alkyl halides is 1. The molecule has 0 saturated carbocycles. The average molecular weight is 221 g/mol. The minimum atomic E-state index is -1.23. The number of hydrogen-bond acceptors (Lipinski definition) is 1. The smallest absolute Gasteiger partial charge is 0.223 e. The minimum Gasteiger partial charge on any atom is -0.335 e. The SMILES string of the molecule is CC1(F)CCC(=O)N(Cc2ccccc2)C1. The number of piperidine rings is 1. The van der Waals surface area contributed by atoms with E-state index in [0.29, 0.717) is 19.4 Å². The standard InChI is InChI=1S/C13H16FNO/c1-13(14)8-7-12(16)15(10-13)9-11-5-3-2-4-6-11/h2-6H,7-10H2,1H3. The number of rotatable bonds is 2. The topological polar surface area (TPSA) is 20.3 Å². The lowest BCUT2D eigenvalue weighted by molar-refractivity contribution is -0.138. The van der Waals surface area contributed by atoms with Crippen LogP contribution in [0.25, 0.3) is 0 Å². The van der Waals surface area contributed by atoms with Crippen LogP contribution in [0.5, 0.6) is 0 Å². The summed E-state index contributed by atoms with van der Waals surface area (Å²) in [6.07, 6.45) is 0.664. The van der Waals surface area contributed by atoms with Crippen molar-refractivity contribution in [2.24, 2.45) is 0 Å². The lowest BCUT2D eigenvalue weighted by Crippen LogP contribution is -2.46. The lowest BCUT2D eigenvalue weighted by atomic mass is 9.96. The van der Waals surface area contributed by atoms with Crippen molar-refractivity contribution in [3.8, 4) is 0 Å². The van der Waals surface area contributed by atoms with Crippen LogP contribution in [0.2, 0.25) is 0 Å². The first kappa shape index (κ1) is 11.1. The third-order valence-corrected chi connectivity index (χ3v) is 2.95. The van der Waals surface area contributed by atoms with E-state index in [-0.39, 0.29) is 12.5 Å². The molecule has 16 heavy (non-hydrogen) atoms. The summed E-state index contributed by atoms with van der Waals surface area (Å²) in [7, 11) is 0. The zero-order valence-electron chi connectivity index (χ0n) is 9.45. The Morgan fingerprint density at radius 3 is 2.75 bits per heavy atom. The van der Waals surface area contributed by atoms with Gasteiger partial charge in [0.25, 0.3) is 0 Å². The van der Waals surface area contributed by atoms with Crippen molar-refractivity contribution in [1.29, 1.82) is 0 Å². The zero-order valence-corrected chi connectivity index (χ0v) is 9.45. The van der Waals surface area contributed by atoms with Crippen molar-refractivity contribution in [3.05, 3.63) is 35.9 Å². The van der Waals surface area contributed by atoms with Crippen LogP contribution in [0.1, 0.15) is 25.3 Å². The predicted molar refractivity (Wildman–Crippen MR) is 60.6 cm³/mol. The van der Waals surface area contributed by atoms with Crippen LogP contribution in [0.3, 0.4) is 0 Å². The monoisotopic (exact) mass is 221 g/mol. The molecule has 2 nitrogen and oxygen atoms in total. The third-order valence-electron chi connectivity index (χ3n) is 2.95. The Morgan fingerprint density at radius 2 is 2.06 bits per heavy atom. The lowest BCUT2D eigenvalue weighted by Gasteiger charge is -2.35. The second-order valence-corrected chi connectivity index (χ2v) is 4.65. The van der Waals surface area contributed by atoms with Crippen molar-refractivity contribution < 1.29 is 9.18 Å². The molecule has 0 aliphatic carbocycles. The summed E-state index contributed by atoms with van der Waals surface area (Å²) in [5, 5.41) is 0. The fourth-order valence-electron chi connectivity index (χ4n) is 2.04. The van der Waals surface area contributed by atoms with Gasteiger partial charge >= 0.3 is 0 Å². The molecule has 1 amide bonds. The Morgan fingerprint density at radius 1 is 1.38 bits per heavy atom. The van der Waals surface area contributed by atoms with Gasteiger partial charge in [-0.05, 0) is 18.9 Å². The van der Waals surface area contributed by atoms with Crippen molar-refractivity contribution in [2.45, 2.75) is 32.0 Å². The average Bonchev–Trinajstić information content (AvgIpc) is 2.25. The molecule has 1 aliphatic rings. The normalized spacial score (nSPS) is 25.9. The Kier molecular flexibility index (Phi) is 2.95. The van der Waals surface area contributed by atoms with Gasteiger partial charge in [-0.25, -0.2) is 4.39 Å². The number of halogens is 1. The van der Waals surface area contributed by atoms with E-state index < -0.39 is 5.67 Å². The van der Waals surface area contributed by atoms with Gasteiger partial charge in [-0.2, -0.15) is 0 Å². The number of amides is 1. The maximum Gasteiger partial charge on any atom is 0.223 e. The largest absolute Gasteiger partial charge is 0.335 e. The molecule has 1 aliphatic heterocycles. The highest BCUT2D eigenvalue weighted by Gasteiger charge is 2.34. The zero-order chi connectivity index (χ0) is 11.6. The summed E-state index contributed by atoms with van der Waals surface area (Å²) in [4.78, 5) is 13.3. The number of likely N-dealkylation sites (tertiary alicyclic amines) is 1. The highest BCUT2D eigenvalue weighted by molar-refractivity contribution is 5.77. The second kappa shape index (κ2) is 4.24. The summed E-state index contributed by atoms with van der Waals surface area (Å²) < 4.78 is 13.8. The first-order valence-corrected chi connectivity index (χ1v) is 5.57. The highest BCUT2D eigenvalue weighted by Crippen LogP contribution is 2.26. The Balaban J connectivity index is 2.06. The van der Waals surface area contributed by atoms with Crippen molar-refractivity contribution in [1.82, 2.24) is 4.90 Å². The minimum absolute atomic E-state index is 0.0546. The van der Waals surface area contributed by atoms with Gasteiger partial charge in [-0.1, -0.05) is 30.3 Å². The molecule has 0 radical (unpaired) electrons. The van der Waals surface area contributed by atoms with Gasteiger partial charge in [-0.15, -0.1) is 0 Å². The molecule has 1 unspecified atom stereocenters. The quantitative estimate of drug-likeness (QED) is 0.751. The fraction of sp³-hybridized carbons (Fsp3) is 0.462. The Bertz CT molecular complexity index is 375. The number of carbonyl (C=O) groups excluding carboxylic acids is 1. The molecule has 1 aromatic rings. The van der Waals surface area contributed by atoms with Crippen molar-refractivity contribution in [3.63, 3.8) is 0 Å². The fourth-order valence-corrected chi connectivity index (χ4v) is 2.04. The first-order chi connectivity index (χ1) is 7.57. The van der Waals surface area contributed by atoms with Crippen LogP contribution in [0.15, 0.2) is 30.3 Å². The number of benzene rings is 1. The first-order valence-electron chi connectivity index (χ1n) is 5.57. The van der Waals surface area contributed by atoms with E-state index in [1.807, 2.05) is 30.3 Å². The molecule has 0 spiro atoms. The molecule has 0 bridgehead atoms. The summed E-state index contributed by atoms with van der Waals surface area (Å²) >= 11 is 0. The van der Waals surface area contributed by atoms with Crippen LogP contribution in [-0.4, -0.2) is 23.0 Å². The van der Waals surface area contributed by atoms with E-state index in [1.165, 1.54) is 0 Å². The van der Waals surface area contributed by atoms with Crippen LogP contribution < -0.4 is 0 Å². The molecular formula is C13H16FNO. The molecule has 0 N–H and O–H groups in total. The van der Waals surface area contributed by atoms with Crippen molar-refractivity contribution >= 4 is 5.91 Å². The number of carbonyl (C=O) groups is 1. The van der Waals surface area contributed by atoms with Gasteiger partial charge in [0.15, 0.2) is 0 Å². The molecule has 1 saturated heterocycles. The van der Waals surface area contributed by atoms with Crippen LogP contribution in [0.4, 0.5) is 4.39 Å². The highest BCUT2D eigenvalue weighted by atomic mass is 19.1. The molecule has 1 atom stereocenters. The van der Waals surface area contributed by atoms with Crippen LogP contribution >= 0.6 is 0 Å². The van der Waals surface area contributed by atoms with Gasteiger partial charge < -0.3 is 4.90 Å². The molecule has 86 valence electrons. The Hall–Kier alpha value is -1.38. The molecule has 1 aromatic carbocycles. The van der Waals surface area contributed by atoms with E-state index in [1.54, 1.807) is 11.8 Å². The van der Waals surface area contributed by atoms with E-state index >= 15 is 0 Å². The molecule has 1 fully saturated rings. The summed E-state index contributed by atoms with van der Waals surface area (Å²) in [5.74, 6) is 0.0546. The van der Waals surface area contributed by atoms with Gasteiger partial charge in [0.05, 0.1) is 6.54 Å². The molecular weight excluding hydrogens is 205 g/mol. The second-order valence-electron chi connectivity index (χ2n) is 4.65. The number of hydrogen-bond donors (Lipinski definition) is 0. The van der Waals surface area contributed by atoms with Gasteiger partial charge in [0.2, 0.25) is 5.91 Å². The third kappa shape index (κ3) is 2.60. The summed E-state index contributed by atoms with van der Waals surface area (Å²) in [6.45, 7) is 2.29. The number of nitrogens with zero attached hydrogens (tertiary/aromatic N) is 1. The molecule has 1 heterocycles. The molecule has 0 aromatic heterocycles. The van der Waals surface area contributed by atoms with E-state index in [0.717, 1.165) is 5.56 Å². The van der Waals surface area contributed by atoms with Gasteiger partial charge in [0.1, 0.15) is 5.67 Å². The maximum absolute atomic E-state index is 13.8. The maximum atomic E-state index is 13.8.